The van der Waals surface area contributed by atoms with Crippen LogP contribution < -0.4 is 5.43 Å². The van der Waals surface area contributed by atoms with E-state index in [0.29, 0.717) is 0 Å². The fourth-order valence-electron chi connectivity index (χ4n) is 2.54. The highest BCUT2D eigenvalue weighted by Gasteiger charge is 2.11. The van der Waals surface area contributed by atoms with Gasteiger partial charge in [0.1, 0.15) is 0 Å². The Labute approximate surface area is 170 Å². The summed E-state index contributed by atoms with van der Waals surface area (Å²) in [6.45, 7) is 2.87. The van der Waals surface area contributed by atoms with E-state index >= 15 is 0 Å². The number of benzene rings is 2. The van der Waals surface area contributed by atoms with Crippen LogP contribution in [0.15, 0.2) is 69.3 Å². The molecule has 0 radical (unpaired) electrons. The van der Waals surface area contributed by atoms with Crippen LogP contribution in [-0.4, -0.2) is 27.4 Å². The van der Waals surface area contributed by atoms with Crippen LogP contribution in [0.25, 0.3) is 17.1 Å². The highest BCUT2D eigenvalue weighted by molar-refractivity contribution is 9.12. The number of amides is 1. The van der Waals surface area contributed by atoms with E-state index in [9.17, 15) is 4.79 Å². The van der Waals surface area contributed by atoms with Crippen molar-refractivity contribution >= 4 is 56.9 Å². The number of rotatable bonds is 7. The summed E-state index contributed by atoms with van der Waals surface area (Å²) in [7, 11) is 0. The first-order valence-electron chi connectivity index (χ1n) is 8.49. The van der Waals surface area contributed by atoms with E-state index in [0.717, 1.165) is 32.8 Å². The van der Waals surface area contributed by atoms with Gasteiger partial charge >= 0.3 is 0 Å². The summed E-state index contributed by atoms with van der Waals surface area (Å²) in [6, 6.07) is 17.8. The molecule has 3 aromatic rings. The molecular weight excluding hydrogens is 424 g/mol. The molecule has 0 aliphatic rings. The van der Waals surface area contributed by atoms with Gasteiger partial charge in [-0.1, -0.05) is 54.2 Å². The van der Waals surface area contributed by atoms with Crippen molar-refractivity contribution in [3.05, 3.63) is 64.6 Å². The van der Waals surface area contributed by atoms with Gasteiger partial charge in [0.2, 0.25) is 0 Å². The lowest BCUT2D eigenvalue weighted by molar-refractivity contribution is -0.118. The van der Waals surface area contributed by atoms with Crippen LogP contribution in [0.1, 0.15) is 12.5 Å². The molecule has 0 spiro atoms. The van der Waals surface area contributed by atoms with Gasteiger partial charge < -0.3 is 4.57 Å². The molecule has 27 heavy (non-hydrogen) atoms. The molecule has 2 aromatic carbocycles. The van der Waals surface area contributed by atoms with Crippen LogP contribution in [0.3, 0.4) is 0 Å². The zero-order valence-corrected chi connectivity index (χ0v) is 17.2. The minimum Gasteiger partial charge on any atom is -0.319 e. The molecular formula is C20H19BrN4OS. The second kappa shape index (κ2) is 9.53. The third kappa shape index (κ3) is 5.30. The largest absolute Gasteiger partial charge is 0.319 e. The molecule has 0 unspecified atom stereocenters. The van der Waals surface area contributed by atoms with Crippen molar-refractivity contribution in [2.75, 3.05) is 5.75 Å². The Morgan fingerprint density at radius 2 is 1.96 bits per heavy atom. The maximum Gasteiger partial charge on any atom is 0.250 e. The Kier molecular flexibility index (Phi) is 6.84. The Bertz CT molecular complexity index is 982. The minimum absolute atomic E-state index is 0.175. The van der Waals surface area contributed by atoms with Crippen LogP contribution >= 0.6 is 27.7 Å². The highest BCUT2D eigenvalue weighted by Crippen LogP contribution is 2.23. The topological polar surface area (TPSA) is 59.3 Å². The fraction of sp³-hybridized carbons (Fsp3) is 0.150. The number of nitrogens with one attached hydrogen (secondary N) is 1. The fourth-order valence-corrected chi connectivity index (χ4v) is 3.78. The van der Waals surface area contributed by atoms with Crippen molar-refractivity contribution in [1.82, 2.24) is 15.0 Å². The second-order valence-corrected chi connectivity index (χ2v) is 7.51. The van der Waals surface area contributed by atoms with Gasteiger partial charge in [-0.25, -0.2) is 10.4 Å². The molecule has 1 aromatic heterocycles. The number of fused-ring (bicyclic) bond motifs is 1. The predicted molar refractivity (Wildman–Crippen MR) is 116 cm³/mol. The standard InChI is InChI=1S/C20H19BrN4OS/c1-2-25-18-11-7-6-10-17(18)23-20(25)27-14-19(26)24-22-13-16(21)12-15-8-4-3-5-9-15/h3-13H,2,14H2,1H3,(H,24,26)/b16-12-,22-13-. The number of thioether (sulfide) groups is 1. The summed E-state index contributed by atoms with van der Waals surface area (Å²) in [5.74, 6) is 0.0756. The van der Waals surface area contributed by atoms with Crippen molar-refractivity contribution in [3.8, 4) is 0 Å². The second-order valence-electron chi connectivity index (χ2n) is 5.65. The number of hydrazone groups is 1. The first-order chi connectivity index (χ1) is 13.2. The van der Waals surface area contributed by atoms with Crippen molar-refractivity contribution in [3.63, 3.8) is 0 Å². The lowest BCUT2D eigenvalue weighted by Gasteiger charge is -2.04. The number of para-hydroxylation sites is 2. The van der Waals surface area contributed by atoms with Gasteiger partial charge in [0.25, 0.3) is 5.91 Å². The van der Waals surface area contributed by atoms with E-state index in [-0.39, 0.29) is 11.7 Å². The van der Waals surface area contributed by atoms with Gasteiger partial charge in [-0.05, 0) is 46.6 Å². The monoisotopic (exact) mass is 442 g/mol. The number of imidazole rings is 1. The minimum atomic E-state index is -0.175. The van der Waals surface area contributed by atoms with E-state index in [1.165, 1.54) is 11.8 Å². The van der Waals surface area contributed by atoms with Crippen molar-refractivity contribution in [2.24, 2.45) is 5.10 Å². The Hall–Kier alpha value is -2.38. The Morgan fingerprint density at radius 1 is 1.22 bits per heavy atom. The van der Waals surface area contributed by atoms with E-state index in [4.69, 9.17) is 0 Å². The molecule has 3 rings (SSSR count). The molecule has 138 valence electrons. The van der Waals surface area contributed by atoms with Gasteiger partial charge in [-0.2, -0.15) is 5.10 Å². The third-order valence-electron chi connectivity index (χ3n) is 3.75. The molecule has 5 nitrogen and oxygen atoms in total. The third-order valence-corrected chi connectivity index (χ3v) is 5.16. The van der Waals surface area contributed by atoms with Crippen LogP contribution in [0.4, 0.5) is 0 Å². The number of carbonyl (C=O) groups excluding carboxylic acids is 1. The quantitative estimate of drug-likeness (QED) is 0.328. The zero-order chi connectivity index (χ0) is 19.1. The molecule has 1 amide bonds. The van der Waals surface area contributed by atoms with Gasteiger partial charge in [0, 0.05) is 11.0 Å². The average Bonchev–Trinajstić information content (AvgIpc) is 3.04. The lowest BCUT2D eigenvalue weighted by Crippen LogP contribution is -2.19. The van der Waals surface area contributed by atoms with Crippen LogP contribution in [-0.2, 0) is 11.3 Å². The van der Waals surface area contributed by atoms with E-state index in [1.54, 1.807) is 6.21 Å². The first-order valence-corrected chi connectivity index (χ1v) is 10.3. The molecule has 0 saturated heterocycles. The SMILES string of the molecule is CCn1c(SCC(=O)N/N=C\C(Br)=C\c2ccccc2)nc2ccccc21. The molecule has 1 N–H and O–H groups in total. The summed E-state index contributed by atoms with van der Waals surface area (Å²) in [5.41, 5.74) is 5.61. The van der Waals surface area contributed by atoms with Crippen LogP contribution in [0.2, 0.25) is 0 Å². The molecule has 0 atom stereocenters. The number of nitrogens with zero attached hydrogens (tertiary/aromatic N) is 3. The molecule has 0 bridgehead atoms. The molecule has 0 aliphatic heterocycles. The Morgan fingerprint density at radius 3 is 2.74 bits per heavy atom. The van der Waals surface area contributed by atoms with E-state index < -0.39 is 0 Å². The smallest absolute Gasteiger partial charge is 0.250 e. The zero-order valence-electron chi connectivity index (χ0n) is 14.8. The lowest BCUT2D eigenvalue weighted by atomic mass is 10.2. The van der Waals surface area contributed by atoms with Gasteiger partial charge in [-0.3, -0.25) is 4.79 Å². The van der Waals surface area contributed by atoms with Crippen LogP contribution in [0, 0.1) is 0 Å². The van der Waals surface area contributed by atoms with E-state index in [2.05, 4.69) is 42.9 Å². The van der Waals surface area contributed by atoms with E-state index in [1.807, 2.05) is 60.7 Å². The van der Waals surface area contributed by atoms with Gasteiger partial charge in [0.05, 0.1) is 23.0 Å². The first kappa shape index (κ1) is 19.4. The number of halogens is 1. The summed E-state index contributed by atoms with van der Waals surface area (Å²) in [6.07, 6.45) is 3.49. The summed E-state index contributed by atoms with van der Waals surface area (Å²) in [5, 5.41) is 4.82. The van der Waals surface area contributed by atoms with Gasteiger partial charge in [0.15, 0.2) is 5.16 Å². The number of allylic oxidation sites excluding steroid dienone is 1. The van der Waals surface area contributed by atoms with Crippen LogP contribution in [0.5, 0.6) is 0 Å². The molecule has 0 saturated carbocycles. The highest BCUT2D eigenvalue weighted by atomic mass is 79.9. The van der Waals surface area contributed by atoms with Gasteiger partial charge in [-0.15, -0.1) is 0 Å². The van der Waals surface area contributed by atoms with Crippen molar-refractivity contribution in [2.45, 2.75) is 18.6 Å². The predicted octanol–water partition coefficient (Wildman–Crippen LogP) is 4.69. The maximum absolute atomic E-state index is 12.1. The molecule has 1 heterocycles. The summed E-state index contributed by atoms with van der Waals surface area (Å²) >= 11 is 4.83. The number of carbonyl (C=O) groups is 1. The Balaban J connectivity index is 1.55. The van der Waals surface area contributed by atoms with Crippen molar-refractivity contribution < 1.29 is 4.79 Å². The molecule has 0 aliphatic carbocycles. The summed E-state index contributed by atoms with van der Waals surface area (Å²) < 4.78 is 2.88. The normalized spacial score (nSPS) is 12.0. The molecule has 7 heteroatoms. The summed E-state index contributed by atoms with van der Waals surface area (Å²) in [4.78, 5) is 16.7. The average molecular weight is 443 g/mol. The number of aromatic nitrogens is 2. The number of aryl methyl sites for hydroxylation is 1. The van der Waals surface area contributed by atoms with Crippen molar-refractivity contribution in [1.29, 1.82) is 0 Å². The number of hydrogen-bond donors (Lipinski definition) is 1. The maximum atomic E-state index is 12.1. The molecule has 0 fully saturated rings. The number of hydrogen-bond acceptors (Lipinski definition) is 4.